The standard InChI is InChI=1S/C22H20BrFN2O3S/c1-14-7-9-18(30(28,29)26-21-6-4-3-5-15(21)2)12-19(14)22(27)25-13-16-11-17(23)8-10-20(16)24/h3-12,26H,13H2,1-2H3,(H,25,27). The first-order valence-corrected chi connectivity index (χ1v) is 11.4. The number of nitrogens with one attached hydrogen (secondary N) is 2. The van der Waals surface area contributed by atoms with Crippen LogP contribution in [0.15, 0.2) is 70.0 Å². The Morgan fingerprint density at radius 1 is 1.00 bits per heavy atom. The lowest BCUT2D eigenvalue weighted by Crippen LogP contribution is -2.25. The summed E-state index contributed by atoms with van der Waals surface area (Å²) < 4.78 is 42.7. The predicted octanol–water partition coefficient (Wildman–Crippen LogP) is 4.94. The second-order valence-electron chi connectivity index (χ2n) is 6.82. The van der Waals surface area contributed by atoms with E-state index in [1.54, 1.807) is 50.2 Å². The third-order valence-electron chi connectivity index (χ3n) is 4.60. The number of sulfonamides is 1. The number of aryl methyl sites for hydroxylation is 2. The number of anilines is 1. The van der Waals surface area contributed by atoms with Crippen molar-refractivity contribution in [3.63, 3.8) is 0 Å². The molecule has 0 bridgehead atoms. The number of carbonyl (C=O) groups is 1. The van der Waals surface area contributed by atoms with E-state index in [0.29, 0.717) is 21.3 Å². The van der Waals surface area contributed by atoms with Gasteiger partial charge in [0.05, 0.1) is 10.6 Å². The highest BCUT2D eigenvalue weighted by Gasteiger charge is 2.19. The number of hydrogen-bond acceptors (Lipinski definition) is 3. The number of halogens is 2. The summed E-state index contributed by atoms with van der Waals surface area (Å²) in [7, 11) is -3.88. The molecule has 0 aliphatic heterocycles. The van der Waals surface area contributed by atoms with Crippen molar-refractivity contribution in [2.75, 3.05) is 4.72 Å². The molecule has 0 atom stereocenters. The van der Waals surface area contributed by atoms with Crippen LogP contribution >= 0.6 is 15.9 Å². The third kappa shape index (κ3) is 5.06. The molecule has 0 saturated carbocycles. The smallest absolute Gasteiger partial charge is 0.261 e. The first kappa shape index (κ1) is 22.0. The van der Waals surface area contributed by atoms with Crippen molar-refractivity contribution in [3.05, 3.63) is 93.2 Å². The Labute approximate surface area is 183 Å². The summed E-state index contributed by atoms with van der Waals surface area (Å²) in [5, 5.41) is 2.65. The lowest BCUT2D eigenvalue weighted by atomic mass is 10.1. The van der Waals surface area contributed by atoms with E-state index in [1.807, 2.05) is 6.07 Å². The molecular weight excluding hydrogens is 471 g/mol. The fraction of sp³-hybridized carbons (Fsp3) is 0.136. The fourth-order valence-corrected chi connectivity index (χ4v) is 4.42. The van der Waals surface area contributed by atoms with E-state index in [-0.39, 0.29) is 17.0 Å². The number of benzene rings is 3. The number of hydrogen-bond donors (Lipinski definition) is 2. The van der Waals surface area contributed by atoms with Gasteiger partial charge in [0.15, 0.2) is 0 Å². The molecule has 2 N–H and O–H groups in total. The zero-order valence-electron chi connectivity index (χ0n) is 16.4. The molecule has 0 aromatic heterocycles. The molecule has 3 aromatic rings. The summed E-state index contributed by atoms with van der Waals surface area (Å²) in [5.41, 5.74) is 2.38. The molecule has 0 saturated heterocycles. The van der Waals surface area contributed by atoms with Gasteiger partial charge < -0.3 is 5.32 Å². The maximum atomic E-state index is 13.9. The summed E-state index contributed by atoms with van der Waals surface area (Å²) in [6.45, 7) is 3.48. The van der Waals surface area contributed by atoms with Crippen molar-refractivity contribution in [2.45, 2.75) is 25.3 Å². The number of rotatable bonds is 6. The van der Waals surface area contributed by atoms with Crippen molar-refractivity contribution >= 4 is 37.5 Å². The summed E-state index contributed by atoms with van der Waals surface area (Å²) in [5.74, 6) is -0.922. The molecule has 3 rings (SSSR count). The van der Waals surface area contributed by atoms with Crippen molar-refractivity contribution in [3.8, 4) is 0 Å². The van der Waals surface area contributed by atoms with E-state index in [2.05, 4.69) is 26.0 Å². The summed E-state index contributed by atoms with van der Waals surface area (Å²) in [6.07, 6.45) is 0. The lowest BCUT2D eigenvalue weighted by Gasteiger charge is -2.13. The second kappa shape index (κ2) is 8.97. The van der Waals surface area contributed by atoms with Gasteiger partial charge in [-0.3, -0.25) is 9.52 Å². The second-order valence-corrected chi connectivity index (χ2v) is 9.41. The molecule has 0 unspecified atom stereocenters. The summed E-state index contributed by atoms with van der Waals surface area (Å²) >= 11 is 3.27. The largest absolute Gasteiger partial charge is 0.348 e. The Bertz CT molecular complexity index is 1210. The quantitative estimate of drug-likeness (QED) is 0.513. The Hall–Kier alpha value is -2.71. The first-order chi connectivity index (χ1) is 14.2. The van der Waals surface area contributed by atoms with Crippen LogP contribution in [0.4, 0.5) is 10.1 Å². The van der Waals surface area contributed by atoms with Gasteiger partial charge in [-0.15, -0.1) is 0 Å². The molecular formula is C22H20BrFN2O3S. The minimum absolute atomic E-state index is 0.0258. The minimum atomic E-state index is -3.88. The summed E-state index contributed by atoms with van der Waals surface area (Å²) in [4.78, 5) is 12.6. The van der Waals surface area contributed by atoms with Crippen LogP contribution in [-0.2, 0) is 16.6 Å². The molecule has 8 heteroatoms. The van der Waals surface area contributed by atoms with E-state index < -0.39 is 21.7 Å². The zero-order chi connectivity index (χ0) is 21.9. The van der Waals surface area contributed by atoms with E-state index in [1.165, 1.54) is 18.2 Å². The average molecular weight is 491 g/mol. The Morgan fingerprint density at radius 3 is 2.47 bits per heavy atom. The highest BCUT2D eigenvalue weighted by Crippen LogP contribution is 2.22. The average Bonchev–Trinajstić information content (AvgIpc) is 2.70. The molecule has 0 spiro atoms. The molecule has 0 fully saturated rings. The van der Waals surface area contributed by atoms with Crippen molar-refractivity contribution in [1.82, 2.24) is 5.32 Å². The molecule has 0 radical (unpaired) electrons. The number of carbonyl (C=O) groups excluding carboxylic acids is 1. The Morgan fingerprint density at radius 2 is 1.73 bits per heavy atom. The fourth-order valence-electron chi connectivity index (χ4n) is 2.85. The minimum Gasteiger partial charge on any atom is -0.348 e. The topological polar surface area (TPSA) is 75.3 Å². The molecule has 156 valence electrons. The van der Waals surface area contributed by atoms with Gasteiger partial charge in [-0.1, -0.05) is 40.2 Å². The first-order valence-electron chi connectivity index (χ1n) is 9.08. The molecule has 0 heterocycles. The van der Waals surface area contributed by atoms with Crippen LogP contribution in [-0.4, -0.2) is 14.3 Å². The van der Waals surface area contributed by atoms with Crippen LogP contribution in [0.2, 0.25) is 0 Å². The molecule has 1 amide bonds. The monoisotopic (exact) mass is 490 g/mol. The van der Waals surface area contributed by atoms with Crippen LogP contribution < -0.4 is 10.0 Å². The van der Waals surface area contributed by atoms with E-state index in [9.17, 15) is 17.6 Å². The van der Waals surface area contributed by atoms with Crippen LogP contribution in [0.25, 0.3) is 0 Å². The zero-order valence-corrected chi connectivity index (χ0v) is 18.8. The molecule has 5 nitrogen and oxygen atoms in total. The van der Waals surface area contributed by atoms with Gasteiger partial charge in [0.25, 0.3) is 15.9 Å². The van der Waals surface area contributed by atoms with Gasteiger partial charge in [0.1, 0.15) is 5.82 Å². The lowest BCUT2D eigenvalue weighted by molar-refractivity contribution is 0.0949. The normalized spacial score (nSPS) is 11.2. The van der Waals surface area contributed by atoms with E-state index >= 15 is 0 Å². The molecule has 30 heavy (non-hydrogen) atoms. The third-order valence-corrected chi connectivity index (χ3v) is 6.46. The molecule has 0 aliphatic carbocycles. The Balaban J connectivity index is 1.83. The van der Waals surface area contributed by atoms with Gasteiger partial charge in [0.2, 0.25) is 0 Å². The molecule has 0 aliphatic rings. The summed E-state index contributed by atoms with van der Waals surface area (Å²) in [6, 6.07) is 15.8. The molecule has 3 aromatic carbocycles. The van der Waals surface area contributed by atoms with E-state index in [4.69, 9.17) is 0 Å². The number of para-hydroxylation sites is 1. The maximum absolute atomic E-state index is 13.9. The predicted molar refractivity (Wildman–Crippen MR) is 118 cm³/mol. The van der Waals surface area contributed by atoms with Gasteiger partial charge in [-0.25, -0.2) is 12.8 Å². The van der Waals surface area contributed by atoms with Gasteiger partial charge in [0, 0.05) is 22.1 Å². The van der Waals surface area contributed by atoms with Crippen LogP contribution in [0, 0.1) is 19.7 Å². The SMILES string of the molecule is Cc1ccccc1NS(=O)(=O)c1ccc(C)c(C(=O)NCc2cc(Br)ccc2F)c1. The highest BCUT2D eigenvalue weighted by atomic mass is 79.9. The van der Waals surface area contributed by atoms with E-state index in [0.717, 1.165) is 5.56 Å². The van der Waals surface area contributed by atoms with Crippen molar-refractivity contribution in [1.29, 1.82) is 0 Å². The van der Waals surface area contributed by atoms with Crippen molar-refractivity contribution in [2.24, 2.45) is 0 Å². The maximum Gasteiger partial charge on any atom is 0.261 e. The van der Waals surface area contributed by atoms with Crippen LogP contribution in [0.1, 0.15) is 27.0 Å². The van der Waals surface area contributed by atoms with Gasteiger partial charge >= 0.3 is 0 Å². The number of amides is 1. The Kier molecular flexibility index (Phi) is 6.58. The van der Waals surface area contributed by atoms with Crippen molar-refractivity contribution < 1.29 is 17.6 Å². The van der Waals surface area contributed by atoms with Crippen LogP contribution in [0.3, 0.4) is 0 Å². The van der Waals surface area contributed by atoms with Gasteiger partial charge in [-0.05, 0) is 61.4 Å². The van der Waals surface area contributed by atoms with Crippen LogP contribution in [0.5, 0.6) is 0 Å². The highest BCUT2D eigenvalue weighted by molar-refractivity contribution is 9.10. The van der Waals surface area contributed by atoms with Gasteiger partial charge in [-0.2, -0.15) is 0 Å².